The van der Waals surface area contributed by atoms with Crippen LogP contribution >= 0.6 is 23.4 Å². The van der Waals surface area contributed by atoms with E-state index in [9.17, 15) is 9.59 Å². The third-order valence-corrected chi connectivity index (χ3v) is 7.93. The second-order valence-electron chi connectivity index (χ2n) is 9.30. The van der Waals surface area contributed by atoms with Gasteiger partial charge in [-0.05, 0) is 60.9 Å². The van der Waals surface area contributed by atoms with Gasteiger partial charge >= 0.3 is 0 Å². The maximum atomic E-state index is 12.9. The van der Waals surface area contributed by atoms with E-state index in [1.807, 2.05) is 80.6 Å². The van der Waals surface area contributed by atoms with Crippen molar-refractivity contribution in [3.8, 4) is 5.75 Å². The zero-order chi connectivity index (χ0) is 26.8. The molecular formula is C29H27ClN4O3S. The lowest BCUT2D eigenvalue weighted by Crippen LogP contribution is -2.25. The fraction of sp³-hybridized carbons (Fsp3) is 0.241. The Morgan fingerprint density at radius 3 is 2.53 bits per heavy atom. The Morgan fingerprint density at radius 2 is 1.84 bits per heavy atom. The zero-order valence-corrected chi connectivity index (χ0v) is 22.8. The summed E-state index contributed by atoms with van der Waals surface area (Å²) in [6.07, 6.45) is 0.651. The van der Waals surface area contributed by atoms with E-state index in [0.29, 0.717) is 16.6 Å². The summed E-state index contributed by atoms with van der Waals surface area (Å²) in [6.45, 7) is 3.95. The van der Waals surface area contributed by atoms with Crippen molar-refractivity contribution in [3.63, 3.8) is 0 Å². The molecule has 2 heterocycles. The number of nitrogens with zero attached hydrogens (tertiary/aromatic N) is 3. The van der Waals surface area contributed by atoms with Gasteiger partial charge < -0.3 is 10.1 Å². The van der Waals surface area contributed by atoms with Crippen molar-refractivity contribution < 1.29 is 14.3 Å². The molecule has 0 bridgehead atoms. The molecule has 2 aliphatic heterocycles. The number of carbonyl (C=O) groups excluding carboxylic acids is 2. The molecule has 2 amide bonds. The molecule has 2 atom stereocenters. The van der Waals surface area contributed by atoms with Gasteiger partial charge in [-0.3, -0.25) is 9.59 Å². The van der Waals surface area contributed by atoms with E-state index >= 15 is 0 Å². The molecule has 0 unspecified atom stereocenters. The van der Waals surface area contributed by atoms with E-state index in [2.05, 4.69) is 10.3 Å². The number of hydrogen-bond acceptors (Lipinski definition) is 6. The molecule has 0 spiro atoms. The average molecular weight is 547 g/mol. The van der Waals surface area contributed by atoms with Gasteiger partial charge in [0.25, 0.3) is 5.91 Å². The number of amidine groups is 1. The highest BCUT2D eigenvalue weighted by Gasteiger charge is 2.39. The van der Waals surface area contributed by atoms with Gasteiger partial charge in [-0.25, -0.2) is 5.01 Å². The molecule has 38 heavy (non-hydrogen) atoms. The van der Waals surface area contributed by atoms with E-state index in [4.69, 9.17) is 21.4 Å². The fourth-order valence-electron chi connectivity index (χ4n) is 4.52. The number of nitrogens with one attached hydrogen (secondary N) is 1. The lowest BCUT2D eigenvalue weighted by atomic mass is 9.98. The summed E-state index contributed by atoms with van der Waals surface area (Å²) in [5.41, 5.74) is 5.68. The van der Waals surface area contributed by atoms with Crippen LogP contribution in [0.4, 0.5) is 5.69 Å². The number of hydrazone groups is 1. The van der Waals surface area contributed by atoms with Crippen LogP contribution in [0.5, 0.6) is 5.75 Å². The number of benzene rings is 3. The lowest BCUT2D eigenvalue weighted by Gasteiger charge is -2.23. The lowest BCUT2D eigenvalue weighted by molar-refractivity contribution is -0.121. The Bertz CT molecular complexity index is 1440. The highest BCUT2D eigenvalue weighted by atomic mass is 35.5. The Hall–Kier alpha value is -3.62. The van der Waals surface area contributed by atoms with Crippen LogP contribution in [0.2, 0.25) is 5.02 Å². The van der Waals surface area contributed by atoms with Crippen LogP contribution in [0.25, 0.3) is 0 Å². The predicted molar refractivity (Wildman–Crippen MR) is 153 cm³/mol. The minimum absolute atomic E-state index is 0.0264. The number of amides is 2. The molecule has 2 aliphatic rings. The van der Waals surface area contributed by atoms with Gasteiger partial charge in [0.15, 0.2) is 5.17 Å². The van der Waals surface area contributed by atoms with E-state index in [0.717, 1.165) is 39.4 Å². The number of thioether (sulfide) groups is 1. The van der Waals surface area contributed by atoms with Crippen molar-refractivity contribution in [2.45, 2.75) is 38.0 Å². The number of ether oxygens (including phenoxy) is 1. The van der Waals surface area contributed by atoms with Crippen molar-refractivity contribution in [3.05, 3.63) is 94.0 Å². The van der Waals surface area contributed by atoms with Crippen LogP contribution in [0, 0.1) is 13.8 Å². The van der Waals surface area contributed by atoms with Gasteiger partial charge in [0.1, 0.15) is 11.0 Å². The first-order valence-corrected chi connectivity index (χ1v) is 13.5. The molecular weight excluding hydrogens is 520 g/mol. The third kappa shape index (κ3) is 5.61. The van der Waals surface area contributed by atoms with E-state index in [1.54, 1.807) is 12.1 Å². The largest absolute Gasteiger partial charge is 0.497 e. The third-order valence-electron chi connectivity index (χ3n) is 6.54. The Kier molecular flexibility index (Phi) is 7.53. The molecule has 0 radical (unpaired) electrons. The quantitative estimate of drug-likeness (QED) is 0.401. The van der Waals surface area contributed by atoms with Crippen molar-refractivity contribution in [1.82, 2.24) is 5.01 Å². The molecule has 3 aromatic rings. The Balaban J connectivity index is 1.35. The monoisotopic (exact) mass is 546 g/mol. The number of methoxy groups -OCH3 is 1. The first-order chi connectivity index (χ1) is 18.3. The summed E-state index contributed by atoms with van der Waals surface area (Å²) in [6, 6.07) is 21.0. The summed E-state index contributed by atoms with van der Waals surface area (Å²) >= 11 is 7.37. The van der Waals surface area contributed by atoms with Crippen LogP contribution < -0.4 is 10.1 Å². The topological polar surface area (TPSA) is 83.4 Å². The minimum atomic E-state index is -0.609. The summed E-state index contributed by atoms with van der Waals surface area (Å²) in [4.78, 5) is 30.0. The summed E-state index contributed by atoms with van der Waals surface area (Å²) in [7, 11) is 1.63. The van der Waals surface area contributed by atoms with Crippen LogP contribution in [0.3, 0.4) is 0 Å². The van der Waals surface area contributed by atoms with Gasteiger partial charge in [-0.15, -0.1) is 0 Å². The molecule has 0 fully saturated rings. The molecule has 194 valence electrons. The second kappa shape index (κ2) is 11.0. The number of anilines is 1. The first kappa shape index (κ1) is 26.0. The minimum Gasteiger partial charge on any atom is -0.497 e. The van der Waals surface area contributed by atoms with Crippen LogP contribution in [0.1, 0.15) is 41.1 Å². The van der Waals surface area contributed by atoms with Crippen molar-refractivity contribution in [1.29, 1.82) is 0 Å². The summed E-state index contributed by atoms with van der Waals surface area (Å²) in [5, 5.41) is 10.1. The Morgan fingerprint density at radius 1 is 1.11 bits per heavy atom. The predicted octanol–water partition coefficient (Wildman–Crippen LogP) is 6.14. The highest BCUT2D eigenvalue weighted by Crippen LogP contribution is 2.39. The highest BCUT2D eigenvalue weighted by molar-refractivity contribution is 8.15. The Labute approximate surface area is 230 Å². The maximum Gasteiger partial charge on any atom is 0.262 e. The molecule has 0 aromatic heterocycles. The van der Waals surface area contributed by atoms with Crippen molar-refractivity contribution in [2.24, 2.45) is 10.1 Å². The SMILES string of the molecule is COc1ccc([C@H]2CC(c3ccc(Cl)cc3)=NN2C2=NC(=O)[C@@H](CC(=O)Nc3ccc(C)cc3C)S2)cc1. The van der Waals surface area contributed by atoms with Gasteiger partial charge in [0, 0.05) is 23.6 Å². The van der Waals surface area contributed by atoms with E-state index < -0.39 is 5.25 Å². The number of aliphatic imine (C=N–C) groups is 1. The summed E-state index contributed by atoms with van der Waals surface area (Å²) < 4.78 is 5.32. The second-order valence-corrected chi connectivity index (χ2v) is 10.9. The van der Waals surface area contributed by atoms with Crippen molar-refractivity contribution in [2.75, 3.05) is 12.4 Å². The smallest absolute Gasteiger partial charge is 0.262 e. The van der Waals surface area contributed by atoms with Gasteiger partial charge in [-0.2, -0.15) is 10.1 Å². The van der Waals surface area contributed by atoms with Crippen molar-refractivity contribution >= 4 is 51.7 Å². The first-order valence-electron chi connectivity index (χ1n) is 12.2. The zero-order valence-electron chi connectivity index (χ0n) is 21.3. The van der Waals surface area contributed by atoms with E-state index in [1.165, 1.54) is 11.8 Å². The molecule has 3 aromatic carbocycles. The number of carbonyl (C=O) groups is 2. The van der Waals surface area contributed by atoms with Crippen LogP contribution in [-0.4, -0.2) is 40.1 Å². The van der Waals surface area contributed by atoms with E-state index in [-0.39, 0.29) is 24.3 Å². The van der Waals surface area contributed by atoms with Gasteiger partial charge in [0.05, 0.1) is 18.9 Å². The molecule has 0 saturated carbocycles. The number of aryl methyl sites for hydroxylation is 2. The number of rotatable bonds is 6. The molecule has 0 aliphatic carbocycles. The number of hydrogen-bond donors (Lipinski definition) is 1. The summed E-state index contributed by atoms with van der Waals surface area (Å²) in [5.74, 6) is 0.205. The van der Waals surface area contributed by atoms with Crippen LogP contribution in [-0.2, 0) is 9.59 Å². The number of halogens is 1. The molecule has 7 nitrogen and oxygen atoms in total. The van der Waals surface area contributed by atoms with Gasteiger partial charge in [-0.1, -0.05) is 65.3 Å². The average Bonchev–Trinajstić information content (AvgIpc) is 3.50. The molecule has 0 saturated heterocycles. The standard InChI is InChI=1S/C29H27ClN4O3S/c1-17-4-13-23(18(2)14-17)31-27(35)16-26-28(36)32-29(38-26)34-25(20-7-11-22(37-3)12-8-20)15-24(33-34)19-5-9-21(30)10-6-19/h4-14,25-26H,15-16H2,1-3H3,(H,31,35)/t25-,26-/m1/s1. The molecule has 5 rings (SSSR count). The fourth-order valence-corrected chi connectivity index (χ4v) is 5.70. The van der Waals surface area contributed by atoms with Crippen LogP contribution in [0.15, 0.2) is 76.8 Å². The molecule has 9 heteroatoms. The van der Waals surface area contributed by atoms with Gasteiger partial charge in [0.2, 0.25) is 5.91 Å². The normalized spacial score (nSPS) is 18.8. The maximum absolute atomic E-state index is 12.9. The molecule has 1 N–H and O–H groups in total.